The highest BCUT2D eigenvalue weighted by Gasteiger charge is 2.30. The summed E-state index contributed by atoms with van der Waals surface area (Å²) >= 11 is 3.86. The van der Waals surface area contributed by atoms with Crippen LogP contribution in [0.4, 0.5) is 0 Å². The van der Waals surface area contributed by atoms with E-state index in [4.69, 9.17) is 26.8 Å². The second-order valence-electron chi connectivity index (χ2n) is 6.43. The Morgan fingerprint density at radius 1 is 0.806 bits per heavy atom. The first kappa shape index (κ1) is 28.1. The number of aliphatic hydroxyl groups is 1. The number of hydrogen-bond donors (Lipinski definition) is 9. The Morgan fingerprint density at radius 3 is 1.65 bits per heavy atom. The Bertz CT molecular complexity index is 690. The molecule has 0 radical (unpaired) electrons. The minimum absolute atomic E-state index is 0.0443. The lowest BCUT2D eigenvalue weighted by molar-refractivity contribution is -0.144. The average Bonchev–Trinajstić information content (AvgIpc) is 2.70. The Balaban J connectivity index is 5.48. The monoisotopic (exact) mass is 465 g/mol. The molecule has 0 saturated heterocycles. The summed E-state index contributed by atoms with van der Waals surface area (Å²) < 4.78 is 0. The van der Waals surface area contributed by atoms with E-state index in [0.29, 0.717) is 0 Å². The number of aliphatic carboxylic acids is 2. The molecule has 0 heterocycles. The molecule has 4 atom stereocenters. The van der Waals surface area contributed by atoms with Crippen molar-refractivity contribution in [1.29, 1.82) is 0 Å². The van der Waals surface area contributed by atoms with Crippen molar-refractivity contribution >= 4 is 48.2 Å². The average molecular weight is 465 g/mol. The molecule has 0 aromatic heterocycles. The fourth-order valence-corrected chi connectivity index (χ4v) is 2.35. The van der Waals surface area contributed by atoms with Gasteiger partial charge in [-0.3, -0.25) is 24.0 Å². The number of amides is 4. The number of hydrogen-bond acceptors (Lipinski definition) is 9. The minimum Gasteiger partial charge on any atom is -0.481 e. The van der Waals surface area contributed by atoms with Gasteiger partial charge in [0.05, 0.1) is 12.6 Å². The van der Waals surface area contributed by atoms with Crippen LogP contribution in [0.15, 0.2) is 0 Å². The highest BCUT2D eigenvalue weighted by atomic mass is 32.1. The molecule has 31 heavy (non-hydrogen) atoms. The fourth-order valence-electron chi connectivity index (χ4n) is 2.18. The van der Waals surface area contributed by atoms with E-state index in [2.05, 4.69) is 23.3 Å². The molecule has 0 spiro atoms. The van der Waals surface area contributed by atoms with Crippen LogP contribution >= 0.6 is 12.6 Å². The number of aliphatic hydroxyl groups excluding tert-OH is 1. The van der Waals surface area contributed by atoms with Gasteiger partial charge in [0.2, 0.25) is 23.6 Å². The first-order valence-corrected chi connectivity index (χ1v) is 9.67. The van der Waals surface area contributed by atoms with Crippen LogP contribution in [-0.2, 0) is 28.8 Å². The molecule has 0 aliphatic rings. The van der Waals surface area contributed by atoms with Crippen molar-refractivity contribution in [3.8, 4) is 0 Å². The highest BCUT2D eigenvalue weighted by Crippen LogP contribution is 2.04. The lowest BCUT2D eigenvalue weighted by Crippen LogP contribution is -2.57. The van der Waals surface area contributed by atoms with Crippen molar-refractivity contribution in [2.75, 3.05) is 12.4 Å². The van der Waals surface area contributed by atoms with Crippen molar-refractivity contribution < 1.29 is 44.1 Å². The molecule has 176 valence electrons. The lowest BCUT2D eigenvalue weighted by atomic mass is 10.1. The van der Waals surface area contributed by atoms with Crippen molar-refractivity contribution in [2.45, 2.75) is 49.9 Å². The Labute approximate surface area is 182 Å². The summed E-state index contributed by atoms with van der Waals surface area (Å²) in [6, 6.07) is -5.61. The van der Waals surface area contributed by atoms with Gasteiger partial charge < -0.3 is 42.7 Å². The first-order chi connectivity index (χ1) is 14.4. The number of carboxylic acid groups (broad SMARTS) is 2. The molecular weight excluding hydrogens is 438 g/mol. The molecule has 0 saturated carbocycles. The summed E-state index contributed by atoms with van der Waals surface area (Å²) in [5.41, 5.74) is 10.6. The number of carbonyl (C=O) groups is 6. The molecule has 10 N–H and O–H groups in total. The maximum atomic E-state index is 12.6. The van der Waals surface area contributed by atoms with E-state index in [0.717, 1.165) is 0 Å². The van der Waals surface area contributed by atoms with E-state index in [1.165, 1.54) is 0 Å². The van der Waals surface area contributed by atoms with Gasteiger partial charge in [-0.2, -0.15) is 12.6 Å². The summed E-state index contributed by atoms with van der Waals surface area (Å²) in [7, 11) is 0. The molecule has 0 bridgehead atoms. The van der Waals surface area contributed by atoms with Gasteiger partial charge in [-0.25, -0.2) is 4.79 Å². The molecule has 4 amide bonds. The van der Waals surface area contributed by atoms with Gasteiger partial charge >= 0.3 is 11.9 Å². The van der Waals surface area contributed by atoms with E-state index in [1.807, 2.05) is 5.32 Å². The van der Waals surface area contributed by atoms with Crippen LogP contribution in [0.25, 0.3) is 0 Å². The van der Waals surface area contributed by atoms with Crippen LogP contribution in [0.3, 0.4) is 0 Å². The number of thiol groups is 1. The minimum atomic E-state index is -1.68. The Morgan fingerprint density at radius 2 is 1.26 bits per heavy atom. The Kier molecular flexibility index (Phi) is 12.8. The third kappa shape index (κ3) is 11.2. The normalized spacial score (nSPS) is 14.4. The number of carboxylic acids is 2. The smallest absolute Gasteiger partial charge is 0.328 e. The largest absolute Gasteiger partial charge is 0.481 e. The third-order valence-corrected chi connectivity index (χ3v) is 4.32. The number of nitrogens with one attached hydrogen (secondary N) is 3. The summed E-state index contributed by atoms with van der Waals surface area (Å²) in [5, 5.41) is 33.3. The van der Waals surface area contributed by atoms with Gasteiger partial charge in [-0.15, -0.1) is 0 Å². The maximum absolute atomic E-state index is 12.6. The standard InChI is InChI=1S/C16H27N5O9S/c17-7(6-31)13(26)19-8(1-3-11(18)23)14(27)20-9(2-4-12(24)25)15(28)21-10(5-22)16(29)30/h7-10,22,31H,1-6,17H2,(H2,18,23)(H,19,26)(H,20,27)(H,21,28)(H,24,25)(H,29,30). The van der Waals surface area contributed by atoms with Gasteiger partial charge in [0.1, 0.15) is 18.1 Å². The quantitative estimate of drug-likeness (QED) is 0.106. The molecule has 0 aliphatic heterocycles. The van der Waals surface area contributed by atoms with Crippen molar-refractivity contribution in [1.82, 2.24) is 16.0 Å². The predicted molar refractivity (Wildman–Crippen MR) is 108 cm³/mol. The van der Waals surface area contributed by atoms with E-state index in [-0.39, 0.29) is 18.6 Å². The van der Waals surface area contributed by atoms with Crippen LogP contribution < -0.4 is 27.4 Å². The molecule has 4 unspecified atom stereocenters. The third-order valence-electron chi connectivity index (χ3n) is 3.92. The number of nitrogens with two attached hydrogens (primary N) is 2. The zero-order chi connectivity index (χ0) is 24.1. The van der Waals surface area contributed by atoms with Crippen molar-refractivity contribution in [2.24, 2.45) is 11.5 Å². The summed E-state index contributed by atoms with van der Waals surface area (Å²) in [6.07, 6.45) is -1.52. The summed E-state index contributed by atoms with van der Waals surface area (Å²) in [5.74, 6) is -6.44. The Hall–Kier alpha value is -2.91. The van der Waals surface area contributed by atoms with Gasteiger partial charge in [0.25, 0.3) is 0 Å². The predicted octanol–water partition coefficient (Wildman–Crippen LogP) is -4.09. The summed E-state index contributed by atoms with van der Waals surface area (Å²) in [6.45, 7) is -0.945. The van der Waals surface area contributed by atoms with E-state index in [9.17, 15) is 28.8 Å². The fraction of sp³-hybridized carbons (Fsp3) is 0.625. The second-order valence-corrected chi connectivity index (χ2v) is 6.80. The number of primary amides is 1. The highest BCUT2D eigenvalue weighted by molar-refractivity contribution is 7.80. The zero-order valence-corrected chi connectivity index (χ0v) is 17.3. The van der Waals surface area contributed by atoms with Crippen LogP contribution in [0.5, 0.6) is 0 Å². The van der Waals surface area contributed by atoms with Gasteiger partial charge in [0.15, 0.2) is 0 Å². The molecule has 0 aromatic rings. The topological polar surface area (TPSA) is 251 Å². The van der Waals surface area contributed by atoms with Crippen LogP contribution in [-0.4, -0.2) is 87.4 Å². The molecule has 0 aromatic carbocycles. The van der Waals surface area contributed by atoms with Crippen LogP contribution in [0, 0.1) is 0 Å². The molecule has 15 heteroatoms. The van der Waals surface area contributed by atoms with Crippen molar-refractivity contribution in [3.05, 3.63) is 0 Å². The van der Waals surface area contributed by atoms with Gasteiger partial charge in [-0.05, 0) is 12.8 Å². The number of rotatable bonds is 15. The van der Waals surface area contributed by atoms with E-state index >= 15 is 0 Å². The maximum Gasteiger partial charge on any atom is 0.328 e. The van der Waals surface area contributed by atoms with Crippen LogP contribution in [0.2, 0.25) is 0 Å². The molecule has 14 nitrogen and oxygen atoms in total. The number of carbonyl (C=O) groups excluding carboxylic acids is 4. The second kappa shape index (κ2) is 14.2. The van der Waals surface area contributed by atoms with Crippen LogP contribution in [0.1, 0.15) is 25.7 Å². The first-order valence-electron chi connectivity index (χ1n) is 9.04. The SMILES string of the molecule is NC(=O)CCC(NC(=O)C(N)CS)C(=O)NC(CCC(=O)O)C(=O)NC(CO)C(=O)O. The summed E-state index contributed by atoms with van der Waals surface area (Å²) in [4.78, 5) is 69.9. The molecule has 0 fully saturated rings. The lowest BCUT2D eigenvalue weighted by Gasteiger charge is -2.24. The molecule has 0 aliphatic carbocycles. The van der Waals surface area contributed by atoms with Gasteiger partial charge in [-0.1, -0.05) is 0 Å². The van der Waals surface area contributed by atoms with E-state index in [1.54, 1.807) is 0 Å². The molecule has 0 rings (SSSR count). The van der Waals surface area contributed by atoms with E-state index < -0.39 is 79.2 Å². The molecular formula is C16H27N5O9S. The zero-order valence-electron chi connectivity index (χ0n) is 16.4. The van der Waals surface area contributed by atoms with Gasteiger partial charge in [0, 0.05) is 18.6 Å². The van der Waals surface area contributed by atoms with Crippen molar-refractivity contribution in [3.63, 3.8) is 0 Å².